The molecule has 0 aliphatic rings. The Morgan fingerprint density at radius 2 is 1.80 bits per heavy atom. The van der Waals surface area contributed by atoms with Gasteiger partial charge in [-0.2, -0.15) is 0 Å². The van der Waals surface area contributed by atoms with Crippen molar-refractivity contribution in [2.45, 2.75) is 19.3 Å². The van der Waals surface area contributed by atoms with E-state index in [0.29, 0.717) is 23.0 Å². The zero-order valence-corrected chi connectivity index (χ0v) is 14.9. The molecule has 3 aromatic rings. The van der Waals surface area contributed by atoms with E-state index in [1.807, 2.05) is 44.2 Å². The standard InChI is InChI=1S/C20H19ClN2O2/c1-20(2,13-22-18(24)14-8-10-16(21)11-9-14)17-12-25-19(23-17)15-6-4-3-5-7-15/h3-12H,13H2,1-2H3,(H,22,24). The number of amides is 1. The fraction of sp³-hybridized carbons (Fsp3) is 0.200. The molecule has 5 heteroatoms. The highest BCUT2D eigenvalue weighted by Crippen LogP contribution is 2.26. The predicted octanol–water partition coefficient (Wildman–Crippen LogP) is 4.70. The molecule has 0 saturated carbocycles. The topological polar surface area (TPSA) is 55.1 Å². The Kier molecular flexibility index (Phi) is 4.91. The van der Waals surface area contributed by atoms with Crippen LogP contribution in [0.5, 0.6) is 0 Å². The van der Waals surface area contributed by atoms with Crippen molar-refractivity contribution in [2.24, 2.45) is 0 Å². The number of aromatic nitrogens is 1. The summed E-state index contributed by atoms with van der Waals surface area (Å²) in [5.74, 6) is 0.434. The van der Waals surface area contributed by atoms with Crippen LogP contribution < -0.4 is 5.32 Å². The first-order chi connectivity index (χ1) is 12.0. The van der Waals surface area contributed by atoms with Gasteiger partial charge in [0.05, 0.1) is 5.69 Å². The third-order valence-electron chi connectivity index (χ3n) is 4.02. The van der Waals surface area contributed by atoms with Gasteiger partial charge in [-0.1, -0.05) is 43.6 Å². The van der Waals surface area contributed by atoms with E-state index < -0.39 is 0 Å². The number of carbonyl (C=O) groups is 1. The highest BCUT2D eigenvalue weighted by Gasteiger charge is 2.26. The molecule has 0 saturated heterocycles. The van der Waals surface area contributed by atoms with Crippen molar-refractivity contribution in [1.82, 2.24) is 10.3 Å². The average Bonchev–Trinajstić information content (AvgIpc) is 3.12. The fourth-order valence-corrected chi connectivity index (χ4v) is 2.52. The van der Waals surface area contributed by atoms with Gasteiger partial charge in [-0.15, -0.1) is 0 Å². The van der Waals surface area contributed by atoms with E-state index in [-0.39, 0.29) is 11.3 Å². The second-order valence-electron chi connectivity index (χ2n) is 6.48. The Balaban J connectivity index is 1.68. The van der Waals surface area contributed by atoms with Crippen molar-refractivity contribution in [3.8, 4) is 11.5 Å². The molecule has 3 rings (SSSR count). The van der Waals surface area contributed by atoms with Gasteiger partial charge in [0, 0.05) is 28.1 Å². The third-order valence-corrected chi connectivity index (χ3v) is 4.27. The second kappa shape index (κ2) is 7.11. The molecule has 0 fully saturated rings. The van der Waals surface area contributed by atoms with Gasteiger partial charge in [0.15, 0.2) is 0 Å². The maximum Gasteiger partial charge on any atom is 0.251 e. The van der Waals surface area contributed by atoms with E-state index in [9.17, 15) is 4.79 Å². The molecule has 4 nitrogen and oxygen atoms in total. The number of oxazole rings is 1. The van der Waals surface area contributed by atoms with Gasteiger partial charge in [-0.05, 0) is 36.4 Å². The Bertz CT molecular complexity index is 855. The van der Waals surface area contributed by atoms with Crippen LogP contribution in [0.4, 0.5) is 0 Å². The van der Waals surface area contributed by atoms with Gasteiger partial charge in [-0.25, -0.2) is 4.98 Å². The summed E-state index contributed by atoms with van der Waals surface area (Å²) < 4.78 is 5.60. The molecule has 25 heavy (non-hydrogen) atoms. The molecule has 1 aromatic heterocycles. The lowest BCUT2D eigenvalue weighted by Crippen LogP contribution is -2.36. The number of nitrogens with zero attached hydrogens (tertiary/aromatic N) is 1. The summed E-state index contributed by atoms with van der Waals surface area (Å²) in [6, 6.07) is 16.5. The molecule has 0 bridgehead atoms. The number of hydrogen-bond acceptors (Lipinski definition) is 3. The first kappa shape index (κ1) is 17.2. The number of carbonyl (C=O) groups excluding carboxylic acids is 1. The van der Waals surface area contributed by atoms with Crippen molar-refractivity contribution in [2.75, 3.05) is 6.54 Å². The van der Waals surface area contributed by atoms with Gasteiger partial charge < -0.3 is 9.73 Å². The molecular formula is C20H19ClN2O2. The highest BCUT2D eigenvalue weighted by molar-refractivity contribution is 6.30. The molecule has 0 atom stereocenters. The first-order valence-corrected chi connectivity index (χ1v) is 8.39. The molecule has 0 radical (unpaired) electrons. The van der Waals surface area contributed by atoms with Crippen molar-refractivity contribution < 1.29 is 9.21 Å². The number of hydrogen-bond donors (Lipinski definition) is 1. The van der Waals surface area contributed by atoms with Crippen LogP contribution in [0.3, 0.4) is 0 Å². The van der Waals surface area contributed by atoms with E-state index in [4.69, 9.17) is 16.0 Å². The van der Waals surface area contributed by atoms with Crippen LogP contribution in [-0.2, 0) is 5.41 Å². The highest BCUT2D eigenvalue weighted by atomic mass is 35.5. The zero-order chi connectivity index (χ0) is 17.9. The monoisotopic (exact) mass is 354 g/mol. The summed E-state index contributed by atoms with van der Waals surface area (Å²) in [4.78, 5) is 16.8. The van der Waals surface area contributed by atoms with Crippen LogP contribution in [0.1, 0.15) is 29.9 Å². The largest absolute Gasteiger partial charge is 0.444 e. The van der Waals surface area contributed by atoms with Crippen LogP contribution in [0.2, 0.25) is 5.02 Å². The number of nitrogens with one attached hydrogen (secondary N) is 1. The lowest BCUT2D eigenvalue weighted by molar-refractivity contribution is 0.0945. The minimum atomic E-state index is -0.362. The minimum absolute atomic E-state index is 0.142. The summed E-state index contributed by atoms with van der Waals surface area (Å²) in [5.41, 5.74) is 1.93. The van der Waals surface area contributed by atoms with Gasteiger partial charge >= 0.3 is 0 Å². The van der Waals surface area contributed by atoms with E-state index in [0.717, 1.165) is 11.3 Å². The Hall–Kier alpha value is -2.59. The second-order valence-corrected chi connectivity index (χ2v) is 6.91. The van der Waals surface area contributed by atoms with Crippen LogP contribution >= 0.6 is 11.6 Å². The average molecular weight is 355 g/mol. The molecule has 0 aliphatic heterocycles. The van der Waals surface area contributed by atoms with Crippen LogP contribution in [0, 0.1) is 0 Å². The third kappa shape index (κ3) is 4.09. The van der Waals surface area contributed by atoms with E-state index in [1.165, 1.54) is 0 Å². The summed E-state index contributed by atoms with van der Waals surface area (Å²) in [7, 11) is 0. The maximum atomic E-state index is 12.3. The van der Waals surface area contributed by atoms with Gasteiger partial charge in [0.1, 0.15) is 6.26 Å². The van der Waals surface area contributed by atoms with Crippen LogP contribution in [0.15, 0.2) is 65.3 Å². The molecule has 1 amide bonds. The summed E-state index contributed by atoms with van der Waals surface area (Å²) in [6.45, 7) is 4.47. The molecule has 0 aliphatic carbocycles. The van der Waals surface area contributed by atoms with Gasteiger partial charge in [0.2, 0.25) is 5.89 Å². The molecule has 2 aromatic carbocycles. The van der Waals surface area contributed by atoms with Crippen molar-refractivity contribution in [3.63, 3.8) is 0 Å². The number of rotatable bonds is 5. The lowest BCUT2D eigenvalue weighted by atomic mass is 9.90. The molecule has 1 N–H and O–H groups in total. The molecule has 128 valence electrons. The van der Waals surface area contributed by atoms with Crippen molar-refractivity contribution in [3.05, 3.63) is 77.1 Å². The fourth-order valence-electron chi connectivity index (χ4n) is 2.39. The number of halogens is 1. The van der Waals surface area contributed by atoms with Gasteiger partial charge in [-0.3, -0.25) is 4.79 Å². The maximum absolute atomic E-state index is 12.3. The van der Waals surface area contributed by atoms with Crippen LogP contribution in [0.25, 0.3) is 11.5 Å². The van der Waals surface area contributed by atoms with Crippen LogP contribution in [-0.4, -0.2) is 17.4 Å². The Morgan fingerprint density at radius 3 is 2.48 bits per heavy atom. The van der Waals surface area contributed by atoms with Crippen molar-refractivity contribution in [1.29, 1.82) is 0 Å². The SMILES string of the molecule is CC(C)(CNC(=O)c1ccc(Cl)cc1)c1coc(-c2ccccc2)n1. The molecular weight excluding hydrogens is 336 g/mol. The Morgan fingerprint density at radius 1 is 1.12 bits per heavy atom. The smallest absolute Gasteiger partial charge is 0.251 e. The Labute approximate surface area is 151 Å². The normalized spacial score (nSPS) is 11.3. The summed E-state index contributed by atoms with van der Waals surface area (Å²) in [6.07, 6.45) is 1.65. The number of benzene rings is 2. The zero-order valence-electron chi connectivity index (χ0n) is 14.1. The summed E-state index contributed by atoms with van der Waals surface area (Å²) >= 11 is 5.85. The molecule has 0 unspecified atom stereocenters. The first-order valence-electron chi connectivity index (χ1n) is 8.01. The van der Waals surface area contributed by atoms with Gasteiger partial charge in [0.25, 0.3) is 5.91 Å². The lowest BCUT2D eigenvalue weighted by Gasteiger charge is -2.22. The minimum Gasteiger partial charge on any atom is -0.444 e. The van der Waals surface area contributed by atoms with E-state index >= 15 is 0 Å². The summed E-state index contributed by atoms with van der Waals surface area (Å²) in [5, 5.41) is 3.55. The predicted molar refractivity (Wildman–Crippen MR) is 98.8 cm³/mol. The molecule has 0 spiro atoms. The quantitative estimate of drug-likeness (QED) is 0.722. The van der Waals surface area contributed by atoms with Crippen molar-refractivity contribution >= 4 is 17.5 Å². The molecule has 1 heterocycles. The van der Waals surface area contributed by atoms with E-state index in [1.54, 1.807) is 30.5 Å². The van der Waals surface area contributed by atoms with E-state index in [2.05, 4.69) is 10.3 Å².